The first-order chi connectivity index (χ1) is 14.6. The first kappa shape index (κ1) is 18.8. The zero-order chi connectivity index (χ0) is 20.7. The highest BCUT2D eigenvalue weighted by atomic mass is 32.1. The molecule has 5 rings (SSSR count). The summed E-state index contributed by atoms with van der Waals surface area (Å²) in [4.78, 5) is 29.2. The van der Waals surface area contributed by atoms with Crippen molar-refractivity contribution in [1.29, 1.82) is 0 Å². The van der Waals surface area contributed by atoms with E-state index in [1.807, 2.05) is 60.0 Å². The number of para-hydroxylation sites is 2. The summed E-state index contributed by atoms with van der Waals surface area (Å²) >= 11 is 1.58. The van der Waals surface area contributed by atoms with Crippen molar-refractivity contribution in [3.05, 3.63) is 93.8 Å². The van der Waals surface area contributed by atoms with Gasteiger partial charge in [0, 0.05) is 29.5 Å². The fourth-order valence-electron chi connectivity index (χ4n) is 4.62. The number of Topliss-reactive ketones (excluding diaryl/α,β-unsaturated/α-hetero) is 1. The molecule has 0 saturated carbocycles. The number of benzene rings is 2. The van der Waals surface area contributed by atoms with E-state index in [9.17, 15) is 9.59 Å². The average molecular weight is 415 g/mol. The van der Waals surface area contributed by atoms with Gasteiger partial charge in [-0.15, -0.1) is 11.3 Å². The first-order valence-electron chi connectivity index (χ1n) is 10.1. The van der Waals surface area contributed by atoms with E-state index in [0.29, 0.717) is 6.42 Å². The summed E-state index contributed by atoms with van der Waals surface area (Å²) in [5.74, 6) is 0.161. The van der Waals surface area contributed by atoms with E-state index in [-0.39, 0.29) is 17.6 Å². The molecule has 0 saturated heterocycles. The Labute approximate surface area is 179 Å². The summed E-state index contributed by atoms with van der Waals surface area (Å²) in [6.07, 6.45) is 1.20. The Morgan fingerprint density at radius 3 is 2.50 bits per heavy atom. The van der Waals surface area contributed by atoms with Gasteiger partial charge in [0.15, 0.2) is 5.78 Å². The Morgan fingerprint density at radius 1 is 1.00 bits per heavy atom. The van der Waals surface area contributed by atoms with E-state index in [2.05, 4.69) is 17.4 Å². The van der Waals surface area contributed by atoms with Crippen LogP contribution in [0.2, 0.25) is 0 Å². The number of carbonyl (C=O) groups excluding carboxylic acids is 2. The summed E-state index contributed by atoms with van der Waals surface area (Å²) in [6.45, 7) is 1.57. The minimum Gasteiger partial charge on any atom is -0.357 e. The summed E-state index contributed by atoms with van der Waals surface area (Å²) in [7, 11) is 0. The first-order valence-corrected chi connectivity index (χ1v) is 11.0. The smallest absolute Gasteiger partial charge is 0.224 e. The predicted molar refractivity (Wildman–Crippen MR) is 121 cm³/mol. The van der Waals surface area contributed by atoms with Crippen LogP contribution < -0.4 is 10.2 Å². The number of hydrogen-bond donors (Lipinski definition) is 1. The highest BCUT2D eigenvalue weighted by molar-refractivity contribution is 7.10. The molecule has 4 nitrogen and oxygen atoms in total. The predicted octanol–water partition coefficient (Wildman–Crippen LogP) is 5.67. The molecule has 0 spiro atoms. The molecule has 2 aliphatic rings. The van der Waals surface area contributed by atoms with Crippen LogP contribution in [0.15, 0.2) is 83.4 Å². The third-order valence-electron chi connectivity index (χ3n) is 5.91. The number of thiophene rings is 1. The molecule has 1 aromatic heterocycles. The monoisotopic (exact) mass is 414 g/mol. The van der Waals surface area contributed by atoms with Crippen molar-refractivity contribution in [3.8, 4) is 0 Å². The van der Waals surface area contributed by atoms with Crippen molar-refractivity contribution < 1.29 is 9.59 Å². The van der Waals surface area contributed by atoms with Crippen molar-refractivity contribution in [2.24, 2.45) is 0 Å². The molecule has 30 heavy (non-hydrogen) atoms. The van der Waals surface area contributed by atoms with Crippen molar-refractivity contribution in [2.45, 2.75) is 31.7 Å². The summed E-state index contributed by atoms with van der Waals surface area (Å²) < 4.78 is 0. The van der Waals surface area contributed by atoms with Crippen molar-refractivity contribution >= 4 is 34.4 Å². The van der Waals surface area contributed by atoms with Crippen LogP contribution in [-0.4, -0.2) is 11.7 Å². The quantitative estimate of drug-likeness (QED) is 0.588. The second kappa shape index (κ2) is 7.58. The van der Waals surface area contributed by atoms with E-state index in [0.717, 1.165) is 33.9 Å². The van der Waals surface area contributed by atoms with E-state index in [1.54, 1.807) is 23.2 Å². The largest absolute Gasteiger partial charge is 0.357 e. The molecule has 2 aromatic carbocycles. The van der Waals surface area contributed by atoms with Crippen molar-refractivity contribution in [3.63, 3.8) is 0 Å². The second-order valence-corrected chi connectivity index (χ2v) is 8.76. The lowest BCUT2D eigenvalue weighted by Gasteiger charge is -2.33. The molecule has 0 bridgehead atoms. The Bertz CT molecular complexity index is 1130. The number of rotatable bonds is 2. The van der Waals surface area contributed by atoms with Crippen molar-refractivity contribution in [2.75, 3.05) is 10.2 Å². The van der Waals surface area contributed by atoms with Crippen LogP contribution in [0.5, 0.6) is 0 Å². The molecule has 1 amide bonds. The lowest BCUT2D eigenvalue weighted by atomic mass is 9.79. The van der Waals surface area contributed by atoms with E-state index in [4.69, 9.17) is 0 Å². The molecule has 2 heterocycles. The second-order valence-electron chi connectivity index (χ2n) is 7.78. The molecule has 1 N–H and O–H groups in total. The number of hydrogen-bond acceptors (Lipinski definition) is 4. The van der Waals surface area contributed by atoms with E-state index in [1.165, 1.54) is 5.56 Å². The molecule has 0 unspecified atom stereocenters. The Kier molecular flexibility index (Phi) is 4.75. The van der Waals surface area contributed by atoms with Crippen LogP contribution in [0.3, 0.4) is 0 Å². The molecular formula is C25H22N2O2S. The van der Waals surface area contributed by atoms with Gasteiger partial charge >= 0.3 is 0 Å². The van der Waals surface area contributed by atoms with Gasteiger partial charge in [0.05, 0.1) is 11.4 Å². The number of anilines is 2. The number of carbonyl (C=O) groups is 2. The highest BCUT2D eigenvalue weighted by Gasteiger charge is 2.41. The zero-order valence-corrected chi connectivity index (χ0v) is 17.5. The van der Waals surface area contributed by atoms with Gasteiger partial charge in [0.25, 0.3) is 0 Å². The lowest BCUT2D eigenvalue weighted by Crippen LogP contribution is -2.36. The van der Waals surface area contributed by atoms with Crippen LogP contribution in [0, 0.1) is 0 Å². The molecule has 3 aromatic rings. The van der Waals surface area contributed by atoms with Gasteiger partial charge in [-0.25, -0.2) is 0 Å². The maximum Gasteiger partial charge on any atom is 0.224 e. The Morgan fingerprint density at radius 2 is 1.77 bits per heavy atom. The third-order valence-corrected chi connectivity index (χ3v) is 6.84. The Balaban J connectivity index is 1.69. The maximum atomic E-state index is 13.6. The number of fused-ring (bicyclic) bond motifs is 1. The topological polar surface area (TPSA) is 49.4 Å². The summed E-state index contributed by atoms with van der Waals surface area (Å²) in [5, 5.41) is 5.54. The summed E-state index contributed by atoms with van der Waals surface area (Å²) in [6, 6.07) is 21.6. The van der Waals surface area contributed by atoms with Crippen molar-refractivity contribution in [1.82, 2.24) is 0 Å². The van der Waals surface area contributed by atoms with E-state index >= 15 is 0 Å². The van der Waals surface area contributed by atoms with Gasteiger partial charge in [0.2, 0.25) is 5.91 Å². The van der Waals surface area contributed by atoms with Crippen LogP contribution >= 0.6 is 11.3 Å². The van der Waals surface area contributed by atoms with Gasteiger partial charge in [-0.2, -0.15) is 0 Å². The van der Waals surface area contributed by atoms with E-state index < -0.39 is 6.04 Å². The van der Waals surface area contributed by atoms with Gasteiger partial charge in [0.1, 0.15) is 6.04 Å². The molecule has 150 valence electrons. The molecule has 0 fully saturated rings. The molecule has 1 aliphatic carbocycles. The van der Waals surface area contributed by atoms with Crippen LogP contribution in [0.1, 0.15) is 42.2 Å². The van der Waals surface area contributed by atoms with Gasteiger partial charge in [-0.1, -0.05) is 48.5 Å². The number of nitrogens with one attached hydrogen (secondary N) is 1. The van der Waals surface area contributed by atoms with Gasteiger partial charge < -0.3 is 5.32 Å². The van der Waals surface area contributed by atoms with Crippen LogP contribution in [-0.2, 0) is 9.59 Å². The average Bonchev–Trinajstić information content (AvgIpc) is 3.23. The van der Waals surface area contributed by atoms with Crippen LogP contribution in [0.25, 0.3) is 0 Å². The van der Waals surface area contributed by atoms with Gasteiger partial charge in [-0.05, 0) is 41.5 Å². The zero-order valence-electron chi connectivity index (χ0n) is 16.7. The summed E-state index contributed by atoms with van der Waals surface area (Å²) in [5.41, 5.74) is 4.49. The number of amides is 1. The molecule has 0 radical (unpaired) electrons. The standard InChI is InChI=1S/C25H22N2O2S/c1-16(28)27-21-11-6-5-10-19(21)26-20-14-18(17-8-3-2-4-9-17)15-22(29)24(20)25(27)23-12-7-13-30-23/h2-13,18,25-26H,14-15H2,1H3/t18-,25+/m1/s1. The number of ketones is 1. The minimum absolute atomic E-state index is 0.0746. The number of nitrogens with zero attached hydrogens (tertiary/aromatic N) is 1. The molecule has 5 heteroatoms. The fraction of sp³-hybridized carbons (Fsp3) is 0.200. The highest BCUT2D eigenvalue weighted by Crippen LogP contribution is 2.48. The van der Waals surface area contributed by atoms with Gasteiger partial charge in [-0.3, -0.25) is 14.5 Å². The number of allylic oxidation sites excluding steroid dienone is 1. The SMILES string of the molecule is CC(=O)N1c2ccccc2NC2=C(C(=O)C[C@H](c3ccccc3)C2)[C@@H]1c1cccs1. The Hall–Kier alpha value is -3.18. The molecular weight excluding hydrogens is 392 g/mol. The third kappa shape index (κ3) is 3.15. The fourth-order valence-corrected chi connectivity index (χ4v) is 5.44. The minimum atomic E-state index is -0.405. The lowest BCUT2D eigenvalue weighted by molar-refractivity contribution is -0.117. The van der Waals surface area contributed by atoms with Crippen LogP contribution in [0.4, 0.5) is 11.4 Å². The molecule has 2 atom stereocenters. The normalized spacial score (nSPS) is 20.8. The maximum absolute atomic E-state index is 13.6. The molecule has 1 aliphatic heterocycles.